The van der Waals surface area contributed by atoms with Gasteiger partial charge in [0.2, 0.25) is 0 Å². The summed E-state index contributed by atoms with van der Waals surface area (Å²) < 4.78 is 16.6. The smallest absolute Gasteiger partial charge is 0.308 e. The van der Waals surface area contributed by atoms with Crippen LogP contribution in [0.25, 0.3) is 0 Å². The molecule has 1 fully saturated rings. The molecule has 0 bridgehead atoms. The van der Waals surface area contributed by atoms with Crippen LogP contribution in [0.2, 0.25) is 0 Å². The Morgan fingerprint density at radius 1 is 1.37 bits per heavy atom. The quantitative estimate of drug-likeness (QED) is 0.749. The van der Waals surface area contributed by atoms with Gasteiger partial charge in [0.15, 0.2) is 5.79 Å². The van der Waals surface area contributed by atoms with E-state index in [4.69, 9.17) is 19.3 Å². The van der Waals surface area contributed by atoms with Crippen LogP contribution in [0.3, 0.4) is 0 Å². The molecule has 0 spiro atoms. The lowest BCUT2D eigenvalue weighted by atomic mass is 10.0. The second-order valence-electron chi connectivity index (χ2n) is 5.91. The summed E-state index contributed by atoms with van der Waals surface area (Å²) >= 11 is 0. The summed E-state index contributed by atoms with van der Waals surface area (Å²) in [5, 5.41) is 8.99. The van der Waals surface area contributed by atoms with E-state index in [-0.39, 0.29) is 31.2 Å². The van der Waals surface area contributed by atoms with Crippen LogP contribution < -0.4 is 0 Å². The first-order valence-corrected chi connectivity index (χ1v) is 6.94. The van der Waals surface area contributed by atoms with Crippen LogP contribution in [0.15, 0.2) is 0 Å². The Balaban J connectivity index is 2.45. The van der Waals surface area contributed by atoms with Crippen molar-refractivity contribution in [1.82, 2.24) is 0 Å². The molecule has 1 aliphatic heterocycles. The minimum Gasteiger partial charge on any atom is -0.465 e. The van der Waals surface area contributed by atoms with Gasteiger partial charge in [0, 0.05) is 13.0 Å². The normalized spacial score (nSPS) is 26.4. The summed E-state index contributed by atoms with van der Waals surface area (Å²) in [5.41, 5.74) is 0. The van der Waals surface area contributed by atoms with Gasteiger partial charge < -0.3 is 19.3 Å². The minimum absolute atomic E-state index is 0.0725. The number of carbonyl (C=O) groups excluding carboxylic acids is 1. The fourth-order valence-electron chi connectivity index (χ4n) is 2.17. The van der Waals surface area contributed by atoms with Gasteiger partial charge in [-0.1, -0.05) is 13.8 Å². The van der Waals surface area contributed by atoms with E-state index < -0.39 is 5.79 Å². The van der Waals surface area contributed by atoms with Crippen LogP contribution >= 0.6 is 0 Å². The molecule has 0 radical (unpaired) electrons. The van der Waals surface area contributed by atoms with Gasteiger partial charge in [-0.2, -0.15) is 0 Å². The maximum absolute atomic E-state index is 11.7. The largest absolute Gasteiger partial charge is 0.465 e. The highest BCUT2D eigenvalue weighted by Crippen LogP contribution is 2.29. The molecule has 2 atom stereocenters. The zero-order chi connectivity index (χ0) is 14.5. The summed E-state index contributed by atoms with van der Waals surface area (Å²) in [4.78, 5) is 11.7. The minimum atomic E-state index is -0.721. The summed E-state index contributed by atoms with van der Waals surface area (Å²) in [6.45, 7) is 8.15. The maximum atomic E-state index is 11.7. The first-order chi connectivity index (χ1) is 8.82. The molecule has 1 N–H and O–H groups in total. The molecule has 19 heavy (non-hydrogen) atoms. The second kappa shape index (κ2) is 7.22. The molecule has 0 aliphatic carbocycles. The Labute approximate surface area is 115 Å². The molecule has 0 aromatic rings. The van der Waals surface area contributed by atoms with Gasteiger partial charge in [0.1, 0.15) is 0 Å². The molecule has 0 saturated carbocycles. The van der Waals surface area contributed by atoms with E-state index >= 15 is 0 Å². The van der Waals surface area contributed by atoms with Crippen LogP contribution in [0.1, 0.15) is 47.0 Å². The first-order valence-electron chi connectivity index (χ1n) is 6.94. The summed E-state index contributed by atoms with van der Waals surface area (Å²) in [7, 11) is 0. The molecular formula is C14H26O5. The van der Waals surface area contributed by atoms with Crippen LogP contribution in [0.4, 0.5) is 0 Å². The van der Waals surface area contributed by atoms with E-state index in [1.54, 1.807) is 0 Å². The van der Waals surface area contributed by atoms with E-state index in [0.29, 0.717) is 25.4 Å². The molecule has 1 saturated heterocycles. The third-order valence-corrected chi connectivity index (χ3v) is 2.85. The lowest BCUT2D eigenvalue weighted by molar-refractivity contribution is -0.301. The van der Waals surface area contributed by atoms with Crippen molar-refractivity contribution in [3.8, 4) is 0 Å². The van der Waals surface area contributed by atoms with Crippen LogP contribution in [-0.2, 0) is 19.0 Å². The number of carbonyl (C=O) groups is 1. The average Bonchev–Trinajstić information content (AvgIpc) is 2.24. The van der Waals surface area contributed by atoms with Gasteiger partial charge in [0.05, 0.1) is 25.2 Å². The van der Waals surface area contributed by atoms with Crippen LogP contribution in [0, 0.1) is 5.92 Å². The number of esters is 1. The number of ether oxygens (including phenoxy) is 3. The molecule has 0 aromatic carbocycles. The predicted molar refractivity (Wildman–Crippen MR) is 70.6 cm³/mol. The van der Waals surface area contributed by atoms with Gasteiger partial charge in [-0.15, -0.1) is 0 Å². The number of aliphatic hydroxyl groups is 1. The average molecular weight is 274 g/mol. The Bertz CT molecular complexity index is 288. The van der Waals surface area contributed by atoms with E-state index in [0.717, 1.165) is 0 Å². The third-order valence-electron chi connectivity index (χ3n) is 2.85. The third kappa shape index (κ3) is 6.36. The number of rotatable bonds is 6. The van der Waals surface area contributed by atoms with Crippen molar-refractivity contribution < 1.29 is 24.1 Å². The van der Waals surface area contributed by atoms with Gasteiger partial charge in [-0.05, 0) is 26.2 Å². The van der Waals surface area contributed by atoms with Gasteiger partial charge in [-0.25, -0.2) is 0 Å². The molecule has 0 unspecified atom stereocenters. The Kier molecular flexibility index (Phi) is 6.23. The summed E-state index contributed by atoms with van der Waals surface area (Å²) in [6, 6.07) is 0. The summed E-state index contributed by atoms with van der Waals surface area (Å²) in [6.07, 6.45) is 1.13. The zero-order valence-electron chi connectivity index (χ0n) is 12.3. The molecule has 1 aliphatic rings. The Hall–Kier alpha value is -0.650. The fourth-order valence-corrected chi connectivity index (χ4v) is 2.17. The second-order valence-corrected chi connectivity index (χ2v) is 5.91. The van der Waals surface area contributed by atoms with Crippen molar-refractivity contribution in [2.45, 2.75) is 65.0 Å². The van der Waals surface area contributed by atoms with E-state index in [2.05, 4.69) is 0 Å². The van der Waals surface area contributed by atoms with Crippen molar-refractivity contribution in [2.24, 2.45) is 5.92 Å². The zero-order valence-corrected chi connectivity index (χ0v) is 12.3. The lowest BCUT2D eigenvalue weighted by Crippen LogP contribution is -2.45. The van der Waals surface area contributed by atoms with Crippen LogP contribution in [-0.4, -0.2) is 42.3 Å². The fraction of sp³-hybridized carbons (Fsp3) is 0.929. The highest BCUT2D eigenvalue weighted by atomic mass is 16.7. The monoisotopic (exact) mass is 274 g/mol. The standard InChI is InChI=1S/C14H26O5/c1-10(2)9-17-13(16)8-12-7-11(5-6-15)18-14(3,4)19-12/h10-12,15H,5-9H2,1-4H3/t11-,12-/m1/s1. The predicted octanol–water partition coefficient (Wildman–Crippen LogP) is 1.87. The molecule has 5 nitrogen and oxygen atoms in total. The molecule has 0 aromatic heterocycles. The maximum Gasteiger partial charge on any atom is 0.308 e. The number of hydrogen-bond donors (Lipinski definition) is 1. The molecule has 112 valence electrons. The van der Waals surface area contributed by atoms with Gasteiger partial charge in [0.25, 0.3) is 0 Å². The van der Waals surface area contributed by atoms with Crippen molar-refractivity contribution in [1.29, 1.82) is 0 Å². The highest BCUT2D eigenvalue weighted by Gasteiger charge is 2.36. The molecule has 1 heterocycles. The van der Waals surface area contributed by atoms with Gasteiger partial charge in [-0.3, -0.25) is 4.79 Å². The molecule has 0 amide bonds. The lowest BCUT2D eigenvalue weighted by Gasteiger charge is -2.40. The van der Waals surface area contributed by atoms with Crippen molar-refractivity contribution in [2.75, 3.05) is 13.2 Å². The summed E-state index contributed by atoms with van der Waals surface area (Å²) in [5.74, 6) is -0.626. The SMILES string of the molecule is CC(C)COC(=O)C[C@H]1C[C@@H](CCO)OC(C)(C)O1. The Morgan fingerprint density at radius 2 is 2.00 bits per heavy atom. The Morgan fingerprint density at radius 3 is 2.58 bits per heavy atom. The highest BCUT2D eigenvalue weighted by molar-refractivity contribution is 5.70. The molecule has 1 rings (SSSR count). The first kappa shape index (κ1) is 16.4. The molecular weight excluding hydrogens is 248 g/mol. The molecule has 5 heteroatoms. The number of hydrogen-bond acceptors (Lipinski definition) is 5. The van der Waals surface area contributed by atoms with E-state index in [1.807, 2.05) is 27.7 Å². The van der Waals surface area contributed by atoms with Crippen molar-refractivity contribution >= 4 is 5.97 Å². The number of aliphatic hydroxyl groups excluding tert-OH is 1. The van der Waals surface area contributed by atoms with Crippen molar-refractivity contribution in [3.63, 3.8) is 0 Å². The van der Waals surface area contributed by atoms with Gasteiger partial charge >= 0.3 is 5.97 Å². The van der Waals surface area contributed by atoms with Crippen LogP contribution in [0.5, 0.6) is 0 Å². The topological polar surface area (TPSA) is 65.0 Å². The van der Waals surface area contributed by atoms with E-state index in [9.17, 15) is 4.79 Å². The van der Waals surface area contributed by atoms with E-state index in [1.165, 1.54) is 0 Å². The van der Waals surface area contributed by atoms with Crippen molar-refractivity contribution in [3.05, 3.63) is 0 Å².